The average molecular weight is 589 g/mol. The van der Waals surface area contributed by atoms with Gasteiger partial charge in [-0.15, -0.1) is 0 Å². The van der Waals surface area contributed by atoms with Gasteiger partial charge in [0.05, 0.1) is 18.3 Å². The van der Waals surface area contributed by atoms with Gasteiger partial charge in [0, 0.05) is 40.3 Å². The van der Waals surface area contributed by atoms with Crippen molar-refractivity contribution in [1.29, 1.82) is 0 Å². The lowest BCUT2D eigenvalue weighted by atomic mass is 10.1. The van der Waals surface area contributed by atoms with Crippen molar-refractivity contribution in [3.63, 3.8) is 0 Å². The zero-order valence-corrected chi connectivity index (χ0v) is 23.9. The van der Waals surface area contributed by atoms with E-state index in [4.69, 9.17) is 27.9 Å². The molecule has 0 saturated carbocycles. The van der Waals surface area contributed by atoms with Crippen molar-refractivity contribution in [3.05, 3.63) is 62.1 Å². The van der Waals surface area contributed by atoms with Gasteiger partial charge in [-0.2, -0.15) is 0 Å². The van der Waals surface area contributed by atoms with Gasteiger partial charge in [-0.05, 0) is 38.5 Å². The fraction of sp³-hybridized carbons (Fsp3) is 0.417. The summed E-state index contributed by atoms with van der Waals surface area (Å²) in [5, 5.41) is 14.7. The molecule has 0 aliphatic rings. The lowest BCUT2D eigenvalue weighted by Crippen LogP contribution is -2.52. The maximum absolute atomic E-state index is 13.7. The fourth-order valence-corrected chi connectivity index (χ4v) is 4.85. The molecule has 2 rings (SSSR count). The number of ether oxygens (including phenoxy) is 1. The number of carbonyl (C=O) groups is 2. The highest BCUT2D eigenvalue weighted by atomic mass is 35.5. The Bertz CT molecular complexity index is 1290. The zero-order chi connectivity index (χ0) is 28.8. The standard InChI is InChI=1S/C24H30Cl2N4O7S/c1-6-15(2)27-24(32)16(3)28(13-18-19(25)8-7-9-20(18)26)23(31)14-29(38(5,35)36)21-12-17(30(33)34)10-11-22(21)37-4/h7-12,15-16H,6,13-14H2,1-5H3,(H,27,32)/t15-,16-/m0/s1. The molecule has 2 aromatic carbocycles. The normalized spacial score (nSPS) is 12.8. The van der Waals surface area contributed by atoms with Crippen molar-refractivity contribution >= 4 is 56.4 Å². The van der Waals surface area contributed by atoms with Crippen LogP contribution < -0.4 is 14.4 Å². The third-order valence-electron chi connectivity index (χ3n) is 5.88. The van der Waals surface area contributed by atoms with Gasteiger partial charge in [-0.1, -0.05) is 36.2 Å². The minimum atomic E-state index is -4.15. The Hall–Kier alpha value is -3.09. The number of carbonyl (C=O) groups excluding carboxylic acids is 2. The molecule has 14 heteroatoms. The number of rotatable bonds is 12. The molecule has 0 radical (unpaired) electrons. The summed E-state index contributed by atoms with van der Waals surface area (Å²) in [6, 6.07) is 6.95. The number of sulfonamides is 1. The van der Waals surface area contributed by atoms with Crippen molar-refractivity contribution in [1.82, 2.24) is 10.2 Å². The summed E-state index contributed by atoms with van der Waals surface area (Å²) < 4.78 is 31.5. The predicted molar refractivity (Wildman–Crippen MR) is 146 cm³/mol. The summed E-state index contributed by atoms with van der Waals surface area (Å²) >= 11 is 12.6. The van der Waals surface area contributed by atoms with Crippen LogP contribution in [0.15, 0.2) is 36.4 Å². The van der Waals surface area contributed by atoms with Gasteiger partial charge in [0.2, 0.25) is 21.8 Å². The first kappa shape index (κ1) is 31.1. The van der Waals surface area contributed by atoms with E-state index in [9.17, 15) is 28.1 Å². The third kappa shape index (κ3) is 7.71. The largest absolute Gasteiger partial charge is 0.495 e. The molecular formula is C24H30Cl2N4O7S. The second kappa shape index (κ2) is 13.1. The molecule has 1 N–H and O–H groups in total. The maximum Gasteiger partial charge on any atom is 0.271 e. The minimum Gasteiger partial charge on any atom is -0.495 e. The van der Waals surface area contributed by atoms with Crippen LogP contribution in [0.3, 0.4) is 0 Å². The zero-order valence-electron chi connectivity index (χ0n) is 21.6. The number of nitrogens with one attached hydrogen (secondary N) is 1. The van der Waals surface area contributed by atoms with Crippen molar-refractivity contribution in [2.75, 3.05) is 24.2 Å². The van der Waals surface area contributed by atoms with E-state index in [1.54, 1.807) is 18.2 Å². The van der Waals surface area contributed by atoms with Gasteiger partial charge >= 0.3 is 0 Å². The van der Waals surface area contributed by atoms with E-state index in [1.807, 2.05) is 13.8 Å². The molecule has 0 bridgehead atoms. The Morgan fingerprint density at radius 3 is 2.26 bits per heavy atom. The van der Waals surface area contributed by atoms with E-state index < -0.39 is 45.0 Å². The second-order valence-corrected chi connectivity index (χ2v) is 11.3. The molecule has 0 saturated heterocycles. The van der Waals surface area contributed by atoms with Gasteiger partial charge < -0.3 is 15.0 Å². The number of hydrogen-bond donors (Lipinski definition) is 1. The van der Waals surface area contributed by atoms with Crippen LogP contribution in [0, 0.1) is 10.1 Å². The number of nitrogens with zero attached hydrogens (tertiary/aromatic N) is 3. The van der Waals surface area contributed by atoms with Crippen molar-refractivity contribution < 1.29 is 27.7 Å². The Morgan fingerprint density at radius 1 is 1.16 bits per heavy atom. The van der Waals surface area contributed by atoms with Crippen LogP contribution in [0.1, 0.15) is 32.8 Å². The van der Waals surface area contributed by atoms with Crippen LogP contribution in [0.4, 0.5) is 11.4 Å². The number of hydrogen-bond acceptors (Lipinski definition) is 7. The average Bonchev–Trinajstić information content (AvgIpc) is 2.85. The van der Waals surface area contributed by atoms with E-state index in [2.05, 4.69) is 5.32 Å². The van der Waals surface area contributed by atoms with Gasteiger partial charge in [0.25, 0.3) is 5.69 Å². The van der Waals surface area contributed by atoms with E-state index in [1.165, 1.54) is 20.1 Å². The molecule has 0 unspecified atom stereocenters. The fourth-order valence-electron chi connectivity index (χ4n) is 3.48. The quantitative estimate of drug-likeness (QED) is 0.292. The number of non-ortho nitro benzene ring substituents is 1. The number of anilines is 1. The van der Waals surface area contributed by atoms with E-state index in [0.717, 1.165) is 23.3 Å². The van der Waals surface area contributed by atoms with E-state index in [0.29, 0.717) is 16.3 Å². The highest BCUT2D eigenvalue weighted by Gasteiger charge is 2.33. The summed E-state index contributed by atoms with van der Waals surface area (Å²) in [5.74, 6) is -1.24. The molecule has 0 aliphatic heterocycles. The van der Waals surface area contributed by atoms with Crippen molar-refractivity contribution in [2.24, 2.45) is 0 Å². The van der Waals surface area contributed by atoms with Gasteiger partial charge in [-0.25, -0.2) is 8.42 Å². The topological polar surface area (TPSA) is 139 Å². The number of nitro benzene ring substituents is 1. The summed E-state index contributed by atoms with van der Waals surface area (Å²) in [6.07, 6.45) is 1.50. The minimum absolute atomic E-state index is 0.00270. The molecule has 2 atom stereocenters. The number of benzene rings is 2. The third-order valence-corrected chi connectivity index (χ3v) is 7.71. The molecule has 2 amide bonds. The summed E-state index contributed by atoms with van der Waals surface area (Å²) in [5.41, 5.74) is -0.237. The van der Waals surface area contributed by atoms with E-state index >= 15 is 0 Å². The lowest BCUT2D eigenvalue weighted by molar-refractivity contribution is -0.384. The Kier molecular flexibility index (Phi) is 10.7. The van der Waals surface area contributed by atoms with Crippen LogP contribution >= 0.6 is 23.2 Å². The Balaban J connectivity index is 2.57. The number of methoxy groups -OCH3 is 1. The van der Waals surface area contributed by atoms with Gasteiger partial charge in [0.15, 0.2) is 0 Å². The highest BCUT2D eigenvalue weighted by Crippen LogP contribution is 2.34. The smallest absolute Gasteiger partial charge is 0.271 e. The van der Waals surface area contributed by atoms with Crippen LogP contribution in [-0.4, -0.2) is 62.0 Å². The first-order valence-electron chi connectivity index (χ1n) is 11.5. The molecule has 0 fully saturated rings. The number of nitro groups is 1. The number of halogens is 2. The predicted octanol–water partition coefficient (Wildman–Crippen LogP) is 4.01. The molecule has 2 aromatic rings. The van der Waals surface area contributed by atoms with Crippen molar-refractivity contribution in [3.8, 4) is 5.75 Å². The van der Waals surface area contributed by atoms with Crippen LogP contribution in [0.5, 0.6) is 5.75 Å². The summed E-state index contributed by atoms with van der Waals surface area (Å²) in [6.45, 7) is 4.22. The number of amides is 2. The van der Waals surface area contributed by atoms with Crippen LogP contribution in [-0.2, 0) is 26.2 Å². The highest BCUT2D eigenvalue weighted by molar-refractivity contribution is 7.92. The Labute approximate surface area is 231 Å². The van der Waals surface area contributed by atoms with Gasteiger partial charge in [-0.3, -0.25) is 24.0 Å². The lowest BCUT2D eigenvalue weighted by Gasteiger charge is -2.32. The molecule has 208 valence electrons. The molecular weight excluding hydrogens is 559 g/mol. The summed E-state index contributed by atoms with van der Waals surface area (Å²) in [4.78, 5) is 38.5. The molecule has 0 aromatic heterocycles. The monoisotopic (exact) mass is 588 g/mol. The second-order valence-electron chi connectivity index (χ2n) is 8.60. The van der Waals surface area contributed by atoms with Crippen molar-refractivity contribution in [2.45, 2.75) is 45.8 Å². The molecule has 0 aliphatic carbocycles. The first-order valence-corrected chi connectivity index (χ1v) is 14.1. The molecule has 11 nitrogen and oxygen atoms in total. The van der Waals surface area contributed by atoms with Crippen LogP contribution in [0.25, 0.3) is 0 Å². The summed E-state index contributed by atoms with van der Waals surface area (Å²) in [7, 11) is -2.89. The van der Waals surface area contributed by atoms with Crippen LogP contribution in [0.2, 0.25) is 10.0 Å². The Morgan fingerprint density at radius 2 is 1.76 bits per heavy atom. The first-order chi connectivity index (χ1) is 17.7. The molecule has 0 spiro atoms. The van der Waals surface area contributed by atoms with Gasteiger partial charge in [0.1, 0.15) is 24.0 Å². The SMILES string of the molecule is CC[C@H](C)NC(=O)[C@H](C)N(Cc1c(Cl)cccc1Cl)C(=O)CN(c1cc([N+](=O)[O-])ccc1OC)S(C)(=O)=O. The maximum atomic E-state index is 13.7. The molecule has 38 heavy (non-hydrogen) atoms. The molecule has 0 heterocycles. The van der Waals surface area contributed by atoms with E-state index in [-0.39, 0.29) is 34.1 Å².